The number of rotatable bonds is 5. The van der Waals surface area contributed by atoms with Crippen LogP contribution in [0.2, 0.25) is 0 Å². The molecule has 7 heteroatoms. The van der Waals surface area contributed by atoms with Crippen molar-refractivity contribution in [1.82, 2.24) is 5.32 Å². The number of carbonyl (C=O) groups excluding carboxylic acids is 1. The van der Waals surface area contributed by atoms with Crippen LogP contribution in [0.5, 0.6) is 5.75 Å². The number of halogens is 2. The van der Waals surface area contributed by atoms with Gasteiger partial charge in [-0.15, -0.1) is 24.8 Å². The van der Waals surface area contributed by atoms with Crippen molar-refractivity contribution in [2.24, 2.45) is 11.7 Å². The second-order valence-electron chi connectivity index (χ2n) is 6.76. The molecule has 1 heterocycles. The molecule has 142 valence electrons. The summed E-state index contributed by atoms with van der Waals surface area (Å²) >= 11 is 0. The van der Waals surface area contributed by atoms with Gasteiger partial charge in [0.1, 0.15) is 5.75 Å². The van der Waals surface area contributed by atoms with E-state index in [0.29, 0.717) is 12.3 Å². The van der Waals surface area contributed by atoms with E-state index in [1.54, 1.807) is 7.11 Å². The van der Waals surface area contributed by atoms with Crippen molar-refractivity contribution in [1.29, 1.82) is 0 Å². The van der Waals surface area contributed by atoms with E-state index < -0.39 is 0 Å². The highest BCUT2D eigenvalue weighted by Gasteiger charge is 2.28. The minimum atomic E-state index is 0. The lowest BCUT2D eigenvalue weighted by Crippen LogP contribution is -2.39. The van der Waals surface area contributed by atoms with Crippen LogP contribution < -0.4 is 20.7 Å². The average Bonchev–Trinajstić information content (AvgIpc) is 3.17. The van der Waals surface area contributed by atoms with Crippen LogP contribution in [0.25, 0.3) is 0 Å². The molecule has 25 heavy (non-hydrogen) atoms. The van der Waals surface area contributed by atoms with Crippen molar-refractivity contribution in [2.45, 2.75) is 44.2 Å². The van der Waals surface area contributed by atoms with Gasteiger partial charge >= 0.3 is 0 Å². The van der Waals surface area contributed by atoms with Gasteiger partial charge in [0.2, 0.25) is 5.91 Å². The largest absolute Gasteiger partial charge is 0.497 e. The zero-order valence-corrected chi connectivity index (χ0v) is 16.3. The number of nitrogens with two attached hydrogens (primary N) is 1. The number of amides is 1. The maximum absolute atomic E-state index is 12.2. The number of benzene rings is 1. The first-order valence-electron chi connectivity index (χ1n) is 8.59. The first-order chi connectivity index (χ1) is 11.2. The summed E-state index contributed by atoms with van der Waals surface area (Å²) in [6.07, 6.45) is 4.88. The van der Waals surface area contributed by atoms with Crippen molar-refractivity contribution in [3.8, 4) is 5.75 Å². The minimum Gasteiger partial charge on any atom is -0.497 e. The second-order valence-corrected chi connectivity index (χ2v) is 6.76. The monoisotopic (exact) mass is 389 g/mol. The van der Waals surface area contributed by atoms with Crippen LogP contribution >= 0.6 is 24.8 Å². The van der Waals surface area contributed by atoms with Gasteiger partial charge in [-0.1, -0.05) is 12.5 Å². The average molecular weight is 390 g/mol. The molecule has 1 aromatic carbocycles. The smallest absolute Gasteiger partial charge is 0.220 e. The summed E-state index contributed by atoms with van der Waals surface area (Å²) in [5.74, 6) is 1.39. The molecule has 3 atom stereocenters. The summed E-state index contributed by atoms with van der Waals surface area (Å²) in [7, 11) is 1.68. The summed E-state index contributed by atoms with van der Waals surface area (Å²) < 4.78 is 5.28. The summed E-state index contributed by atoms with van der Waals surface area (Å²) in [6.45, 7) is 1.82. The molecule has 2 fully saturated rings. The molecule has 0 aromatic heterocycles. The third kappa shape index (κ3) is 5.66. The Bertz CT molecular complexity index is 559. The Labute approximate surface area is 162 Å². The van der Waals surface area contributed by atoms with E-state index in [9.17, 15) is 4.79 Å². The van der Waals surface area contributed by atoms with Crippen molar-refractivity contribution >= 4 is 36.4 Å². The molecule has 1 aliphatic carbocycles. The number of ether oxygens (including phenoxy) is 1. The summed E-state index contributed by atoms with van der Waals surface area (Å²) in [4.78, 5) is 14.5. The van der Waals surface area contributed by atoms with Gasteiger partial charge in [-0.05, 0) is 37.3 Å². The number of methoxy groups -OCH3 is 1. The predicted molar refractivity (Wildman–Crippen MR) is 106 cm³/mol. The van der Waals surface area contributed by atoms with Gasteiger partial charge in [0.05, 0.1) is 7.11 Å². The Kier molecular flexibility index (Phi) is 8.83. The fraction of sp³-hybridized carbons (Fsp3) is 0.611. The Hall–Kier alpha value is -1.17. The van der Waals surface area contributed by atoms with Gasteiger partial charge in [0.15, 0.2) is 0 Å². The Morgan fingerprint density at radius 1 is 1.32 bits per heavy atom. The zero-order chi connectivity index (χ0) is 16.2. The summed E-state index contributed by atoms with van der Waals surface area (Å²) in [6, 6.07) is 8.51. The van der Waals surface area contributed by atoms with Crippen molar-refractivity contribution in [3.05, 3.63) is 24.3 Å². The van der Waals surface area contributed by atoms with Gasteiger partial charge < -0.3 is 20.7 Å². The SMILES string of the molecule is COc1cccc(N2CCC(NC(=O)C[C@@H]3CCC[C@H]3N)C2)c1.Cl.Cl. The quantitative estimate of drug-likeness (QED) is 0.812. The molecule has 1 aliphatic heterocycles. The van der Waals surface area contributed by atoms with Crippen LogP contribution in [0.15, 0.2) is 24.3 Å². The maximum Gasteiger partial charge on any atom is 0.220 e. The molecule has 1 saturated carbocycles. The van der Waals surface area contributed by atoms with E-state index in [2.05, 4.69) is 16.3 Å². The fourth-order valence-corrected chi connectivity index (χ4v) is 3.76. The van der Waals surface area contributed by atoms with Gasteiger partial charge in [-0.2, -0.15) is 0 Å². The highest BCUT2D eigenvalue weighted by molar-refractivity contribution is 5.85. The number of hydrogen-bond donors (Lipinski definition) is 2. The minimum absolute atomic E-state index is 0. The maximum atomic E-state index is 12.2. The van der Waals surface area contributed by atoms with Crippen molar-refractivity contribution in [3.63, 3.8) is 0 Å². The molecule has 1 amide bonds. The Morgan fingerprint density at radius 3 is 2.80 bits per heavy atom. The van der Waals surface area contributed by atoms with Crippen LogP contribution in [0, 0.1) is 5.92 Å². The topological polar surface area (TPSA) is 67.6 Å². The van der Waals surface area contributed by atoms with Gasteiger partial charge in [-0.25, -0.2) is 0 Å². The molecule has 1 unspecified atom stereocenters. The lowest BCUT2D eigenvalue weighted by atomic mass is 9.99. The molecule has 0 spiro atoms. The van der Waals surface area contributed by atoms with Gasteiger partial charge in [0, 0.05) is 43.3 Å². The molecular formula is C18H29Cl2N3O2. The lowest BCUT2D eigenvalue weighted by molar-refractivity contribution is -0.122. The molecule has 5 nitrogen and oxygen atoms in total. The zero-order valence-electron chi connectivity index (χ0n) is 14.6. The highest BCUT2D eigenvalue weighted by Crippen LogP contribution is 2.27. The number of hydrogen-bond acceptors (Lipinski definition) is 4. The molecule has 1 aromatic rings. The van der Waals surface area contributed by atoms with Crippen LogP contribution in [-0.2, 0) is 4.79 Å². The molecular weight excluding hydrogens is 361 g/mol. The number of carbonyl (C=O) groups is 1. The number of nitrogens with one attached hydrogen (secondary N) is 1. The molecule has 0 bridgehead atoms. The second kappa shape index (κ2) is 10.1. The van der Waals surface area contributed by atoms with Crippen LogP contribution in [0.1, 0.15) is 32.1 Å². The summed E-state index contributed by atoms with van der Waals surface area (Å²) in [5.41, 5.74) is 7.21. The van der Waals surface area contributed by atoms with Crippen LogP contribution in [0.3, 0.4) is 0 Å². The third-order valence-electron chi connectivity index (χ3n) is 5.14. The molecule has 3 rings (SSSR count). The first kappa shape index (κ1) is 21.9. The van der Waals surface area contributed by atoms with E-state index in [0.717, 1.165) is 50.2 Å². The number of nitrogens with zero attached hydrogens (tertiary/aromatic N) is 1. The van der Waals surface area contributed by atoms with E-state index >= 15 is 0 Å². The standard InChI is InChI=1S/C18H27N3O2.2ClH/c1-23-16-6-3-5-15(11-16)21-9-8-14(12-21)20-18(22)10-13-4-2-7-17(13)19;;/h3,5-6,11,13-14,17H,2,4,7-10,12,19H2,1H3,(H,20,22);2*1H/t13-,14?,17+;;/m0../s1. The fourth-order valence-electron chi connectivity index (χ4n) is 3.76. The molecule has 3 N–H and O–H groups in total. The van der Waals surface area contributed by atoms with E-state index in [-0.39, 0.29) is 42.8 Å². The van der Waals surface area contributed by atoms with E-state index in [1.165, 1.54) is 0 Å². The van der Waals surface area contributed by atoms with E-state index in [1.807, 2.05) is 18.2 Å². The molecule has 1 saturated heterocycles. The molecule has 0 radical (unpaired) electrons. The molecule has 2 aliphatic rings. The number of anilines is 1. The van der Waals surface area contributed by atoms with E-state index in [4.69, 9.17) is 10.5 Å². The Balaban J connectivity index is 0.00000156. The van der Waals surface area contributed by atoms with Gasteiger partial charge in [-0.3, -0.25) is 4.79 Å². The highest BCUT2D eigenvalue weighted by atomic mass is 35.5. The van der Waals surface area contributed by atoms with Crippen molar-refractivity contribution < 1.29 is 9.53 Å². The third-order valence-corrected chi connectivity index (χ3v) is 5.14. The lowest BCUT2D eigenvalue weighted by Gasteiger charge is -2.20. The van der Waals surface area contributed by atoms with Crippen LogP contribution in [-0.4, -0.2) is 38.2 Å². The normalized spacial score (nSPS) is 25.0. The predicted octanol–water partition coefficient (Wildman–Crippen LogP) is 2.75. The van der Waals surface area contributed by atoms with Crippen molar-refractivity contribution in [2.75, 3.05) is 25.1 Å². The first-order valence-corrected chi connectivity index (χ1v) is 8.59. The summed E-state index contributed by atoms with van der Waals surface area (Å²) in [5, 5.41) is 3.19. The Morgan fingerprint density at radius 2 is 2.12 bits per heavy atom. The van der Waals surface area contributed by atoms with Crippen LogP contribution in [0.4, 0.5) is 5.69 Å². The van der Waals surface area contributed by atoms with Gasteiger partial charge in [0.25, 0.3) is 0 Å².